The highest BCUT2D eigenvalue weighted by atomic mass is 79.9. The van der Waals surface area contributed by atoms with Gasteiger partial charge in [0, 0.05) is 15.7 Å². The molecule has 2 aromatic rings. The molecule has 0 bridgehead atoms. The number of amides is 1. The van der Waals surface area contributed by atoms with Crippen LogP contribution in [-0.2, 0) is 10.4 Å². The van der Waals surface area contributed by atoms with E-state index in [0.29, 0.717) is 28.1 Å². The van der Waals surface area contributed by atoms with E-state index in [4.69, 9.17) is 4.42 Å². The van der Waals surface area contributed by atoms with Crippen molar-refractivity contribution in [3.8, 4) is 0 Å². The summed E-state index contributed by atoms with van der Waals surface area (Å²) in [6.45, 7) is 3.44. The van der Waals surface area contributed by atoms with Gasteiger partial charge >= 0.3 is 0 Å². The number of carbonyl (C=O) groups is 2. The van der Waals surface area contributed by atoms with Crippen LogP contribution >= 0.6 is 15.9 Å². The monoisotopic (exact) mass is 363 g/mol. The van der Waals surface area contributed by atoms with E-state index in [1.54, 1.807) is 32.0 Å². The van der Waals surface area contributed by atoms with E-state index in [9.17, 15) is 14.7 Å². The van der Waals surface area contributed by atoms with Crippen molar-refractivity contribution in [1.82, 2.24) is 0 Å². The van der Waals surface area contributed by atoms with E-state index in [-0.39, 0.29) is 12.2 Å². The fourth-order valence-corrected chi connectivity index (χ4v) is 3.16. The van der Waals surface area contributed by atoms with Crippen molar-refractivity contribution in [3.05, 3.63) is 51.4 Å². The van der Waals surface area contributed by atoms with Crippen LogP contribution in [0.15, 0.2) is 33.4 Å². The molecular formula is C16H14BrNO4. The maximum Gasteiger partial charge on any atom is 0.261 e. The first kappa shape index (κ1) is 15.0. The predicted molar refractivity (Wildman–Crippen MR) is 83.8 cm³/mol. The highest BCUT2D eigenvalue weighted by molar-refractivity contribution is 9.10. The van der Waals surface area contributed by atoms with E-state index < -0.39 is 11.5 Å². The predicted octanol–water partition coefficient (Wildman–Crippen LogP) is 3.07. The van der Waals surface area contributed by atoms with E-state index in [1.807, 2.05) is 0 Å². The second kappa shape index (κ2) is 5.07. The third kappa shape index (κ3) is 2.19. The van der Waals surface area contributed by atoms with Gasteiger partial charge in [-0.2, -0.15) is 0 Å². The number of hydrogen-bond donors (Lipinski definition) is 2. The molecule has 2 heterocycles. The van der Waals surface area contributed by atoms with Gasteiger partial charge in [0.2, 0.25) is 0 Å². The molecule has 0 saturated carbocycles. The SMILES string of the molecule is Cc1coc(C)c1C(=O)C[C@]1(O)C(=O)Nc2ccc(Br)cc21. The third-order valence-corrected chi connectivity index (χ3v) is 4.40. The first-order chi connectivity index (χ1) is 10.3. The number of hydrogen-bond acceptors (Lipinski definition) is 4. The van der Waals surface area contributed by atoms with Crippen LogP contribution in [0.2, 0.25) is 0 Å². The van der Waals surface area contributed by atoms with Gasteiger partial charge in [-0.15, -0.1) is 0 Å². The van der Waals surface area contributed by atoms with Gasteiger partial charge in [0.05, 0.1) is 18.2 Å². The minimum absolute atomic E-state index is 0.325. The number of carbonyl (C=O) groups excluding carboxylic acids is 2. The van der Waals surface area contributed by atoms with Crippen molar-refractivity contribution in [2.24, 2.45) is 0 Å². The van der Waals surface area contributed by atoms with Crippen LogP contribution in [0.1, 0.15) is 33.7 Å². The maximum atomic E-state index is 12.5. The first-order valence-electron chi connectivity index (χ1n) is 6.74. The molecule has 1 atom stereocenters. The topological polar surface area (TPSA) is 79.5 Å². The molecule has 0 saturated heterocycles. The van der Waals surface area contributed by atoms with Gasteiger partial charge in [0.1, 0.15) is 5.76 Å². The van der Waals surface area contributed by atoms with Crippen LogP contribution in [0, 0.1) is 13.8 Å². The number of fused-ring (bicyclic) bond motifs is 1. The molecule has 5 nitrogen and oxygen atoms in total. The normalized spacial score (nSPS) is 19.9. The average molecular weight is 364 g/mol. The largest absolute Gasteiger partial charge is 0.469 e. The van der Waals surface area contributed by atoms with Crippen molar-refractivity contribution in [2.75, 3.05) is 5.32 Å². The lowest BCUT2D eigenvalue weighted by Crippen LogP contribution is -2.36. The molecule has 2 N–H and O–H groups in total. The molecule has 22 heavy (non-hydrogen) atoms. The molecule has 1 aromatic heterocycles. The summed E-state index contributed by atoms with van der Waals surface area (Å²) in [5.74, 6) is -0.430. The zero-order valence-electron chi connectivity index (χ0n) is 12.1. The maximum absolute atomic E-state index is 12.5. The standard InChI is InChI=1S/C16H14BrNO4/c1-8-7-22-9(2)14(8)13(19)6-16(21)11-5-10(17)3-4-12(11)18-15(16)20/h3-5,7,21H,6H2,1-2H3,(H,18,20)/t16-/m1/s1. The zero-order valence-corrected chi connectivity index (χ0v) is 13.7. The minimum Gasteiger partial charge on any atom is -0.469 e. The second-order valence-electron chi connectivity index (χ2n) is 5.45. The number of aryl methyl sites for hydroxylation is 2. The van der Waals surface area contributed by atoms with Crippen LogP contribution in [0.5, 0.6) is 0 Å². The number of rotatable bonds is 3. The Labute approximate surface area is 135 Å². The Hall–Kier alpha value is -1.92. The van der Waals surface area contributed by atoms with Crippen LogP contribution in [0.3, 0.4) is 0 Å². The van der Waals surface area contributed by atoms with Gasteiger partial charge in [-0.1, -0.05) is 15.9 Å². The van der Waals surface area contributed by atoms with E-state index in [2.05, 4.69) is 21.2 Å². The molecular weight excluding hydrogens is 350 g/mol. The van der Waals surface area contributed by atoms with E-state index in [1.165, 1.54) is 6.26 Å². The third-order valence-electron chi connectivity index (χ3n) is 3.91. The second-order valence-corrected chi connectivity index (χ2v) is 6.37. The number of Topliss-reactive ketones (excluding diaryl/α,β-unsaturated/α-hetero) is 1. The van der Waals surface area contributed by atoms with Gasteiger partial charge < -0.3 is 14.8 Å². The summed E-state index contributed by atoms with van der Waals surface area (Å²) in [7, 11) is 0. The fourth-order valence-electron chi connectivity index (χ4n) is 2.80. The molecule has 1 amide bonds. The minimum atomic E-state index is -1.87. The average Bonchev–Trinajstić information content (AvgIpc) is 2.90. The first-order valence-corrected chi connectivity index (χ1v) is 7.54. The number of furan rings is 1. The number of anilines is 1. The van der Waals surface area contributed by atoms with Crippen LogP contribution in [0.25, 0.3) is 0 Å². The number of halogens is 1. The Bertz CT molecular complexity index is 776. The molecule has 3 rings (SSSR count). The smallest absolute Gasteiger partial charge is 0.261 e. The lowest BCUT2D eigenvalue weighted by Gasteiger charge is -2.20. The molecule has 1 aliphatic rings. The lowest BCUT2D eigenvalue weighted by molar-refractivity contribution is -0.133. The quantitative estimate of drug-likeness (QED) is 0.821. The summed E-state index contributed by atoms with van der Waals surface area (Å²) in [5, 5.41) is 13.4. The van der Waals surface area contributed by atoms with Crippen molar-refractivity contribution < 1.29 is 19.1 Å². The van der Waals surface area contributed by atoms with Crippen LogP contribution < -0.4 is 5.32 Å². The lowest BCUT2D eigenvalue weighted by atomic mass is 9.87. The molecule has 0 radical (unpaired) electrons. The number of aliphatic hydroxyl groups is 1. The van der Waals surface area contributed by atoms with E-state index in [0.717, 1.165) is 4.47 Å². The van der Waals surface area contributed by atoms with Crippen LogP contribution in [-0.4, -0.2) is 16.8 Å². The number of benzene rings is 1. The van der Waals surface area contributed by atoms with Gasteiger partial charge in [-0.05, 0) is 37.6 Å². The van der Waals surface area contributed by atoms with Gasteiger partial charge in [-0.3, -0.25) is 9.59 Å². The Balaban J connectivity index is 2.00. The fraction of sp³-hybridized carbons (Fsp3) is 0.250. The van der Waals surface area contributed by atoms with Crippen molar-refractivity contribution in [2.45, 2.75) is 25.9 Å². The van der Waals surface area contributed by atoms with Gasteiger partial charge in [0.15, 0.2) is 11.4 Å². The molecule has 0 spiro atoms. The number of ketones is 1. The van der Waals surface area contributed by atoms with Crippen molar-refractivity contribution >= 4 is 33.3 Å². The molecule has 0 aliphatic carbocycles. The van der Waals surface area contributed by atoms with Crippen molar-refractivity contribution in [3.63, 3.8) is 0 Å². The highest BCUT2D eigenvalue weighted by Gasteiger charge is 2.47. The van der Waals surface area contributed by atoms with Gasteiger partial charge in [0.25, 0.3) is 5.91 Å². The molecule has 1 aromatic carbocycles. The summed E-state index contributed by atoms with van der Waals surface area (Å²) in [5.41, 5.74) is 0.165. The van der Waals surface area contributed by atoms with Gasteiger partial charge in [-0.25, -0.2) is 0 Å². The summed E-state index contributed by atoms with van der Waals surface area (Å²) in [4.78, 5) is 24.7. The molecule has 6 heteroatoms. The Morgan fingerprint density at radius 1 is 1.41 bits per heavy atom. The molecule has 114 valence electrons. The molecule has 0 unspecified atom stereocenters. The Kier molecular flexibility index (Phi) is 3.45. The summed E-state index contributed by atoms with van der Waals surface area (Å²) >= 11 is 3.31. The van der Waals surface area contributed by atoms with Crippen molar-refractivity contribution in [1.29, 1.82) is 0 Å². The summed E-state index contributed by atoms with van der Waals surface area (Å²) in [6.07, 6.45) is 1.16. The highest BCUT2D eigenvalue weighted by Crippen LogP contribution is 2.40. The molecule has 1 aliphatic heterocycles. The van der Waals surface area contributed by atoms with Crippen LogP contribution in [0.4, 0.5) is 5.69 Å². The Morgan fingerprint density at radius 2 is 2.14 bits per heavy atom. The molecule has 0 fully saturated rings. The zero-order chi connectivity index (χ0) is 16.1. The number of nitrogens with one attached hydrogen (secondary N) is 1. The van der Waals surface area contributed by atoms with E-state index >= 15 is 0 Å². The Morgan fingerprint density at radius 3 is 2.77 bits per heavy atom. The summed E-state index contributed by atoms with van der Waals surface area (Å²) in [6, 6.07) is 5.10. The summed E-state index contributed by atoms with van der Waals surface area (Å²) < 4.78 is 5.94.